The highest BCUT2D eigenvalue weighted by atomic mass is 19.2. The Morgan fingerprint density at radius 2 is 1.95 bits per heavy atom. The van der Waals surface area contributed by atoms with Crippen LogP contribution in [0.1, 0.15) is 44.2 Å². The Balaban J connectivity index is 2.06. The van der Waals surface area contributed by atoms with Crippen LogP contribution < -0.4 is 11.1 Å². The van der Waals surface area contributed by atoms with Crippen molar-refractivity contribution in [3.63, 3.8) is 0 Å². The van der Waals surface area contributed by atoms with Crippen molar-refractivity contribution in [2.45, 2.75) is 44.2 Å². The van der Waals surface area contributed by atoms with E-state index in [0.29, 0.717) is 18.4 Å². The molecule has 5 heteroatoms. The molecule has 2 rings (SSSR count). The molecule has 0 bridgehead atoms. The van der Waals surface area contributed by atoms with Crippen molar-refractivity contribution in [2.75, 3.05) is 0 Å². The Morgan fingerprint density at radius 3 is 2.53 bits per heavy atom. The van der Waals surface area contributed by atoms with Crippen LogP contribution in [0.2, 0.25) is 0 Å². The van der Waals surface area contributed by atoms with Gasteiger partial charge in [0.2, 0.25) is 5.91 Å². The van der Waals surface area contributed by atoms with E-state index < -0.39 is 23.2 Å². The van der Waals surface area contributed by atoms with Crippen LogP contribution in [0.5, 0.6) is 0 Å². The first-order valence-corrected chi connectivity index (χ1v) is 6.47. The molecule has 0 radical (unpaired) electrons. The third-order valence-electron chi connectivity index (χ3n) is 3.74. The van der Waals surface area contributed by atoms with E-state index in [1.54, 1.807) is 6.92 Å². The first-order valence-electron chi connectivity index (χ1n) is 6.47. The Kier molecular flexibility index (Phi) is 3.85. The van der Waals surface area contributed by atoms with Gasteiger partial charge in [-0.05, 0) is 37.5 Å². The number of amides is 1. The number of nitrogens with one attached hydrogen (secondary N) is 1. The van der Waals surface area contributed by atoms with Crippen molar-refractivity contribution in [1.82, 2.24) is 5.32 Å². The molecule has 1 amide bonds. The molecule has 0 aliphatic heterocycles. The number of rotatable bonds is 3. The first kappa shape index (κ1) is 13.9. The van der Waals surface area contributed by atoms with Crippen molar-refractivity contribution in [3.05, 3.63) is 35.4 Å². The number of carbonyl (C=O) groups excluding carboxylic acids is 1. The van der Waals surface area contributed by atoms with Gasteiger partial charge in [-0.2, -0.15) is 0 Å². The van der Waals surface area contributed by atoms with Gasteiger partial charge < -0.3 is 11.1 Å². The lowest BCUT2D eigenvalue weighted by Crippen LogP contribution is -2.52. The zero-order valence-corrected chi connectivity index (χ0v) is 10.9. The maximum atomic E-state index is 13.1. The lowest BCUT2D eigenvalue weighted by molar-refractivity contribution is -0.126. The maximum absolute atomic E-state index is 13.1. The van der Waals surface area contributed by atoms with Gasteiger partial charge in [0, 0.05) is 0 Å². The second kappa shape index (κ2) is 5.25. The largest absolute Gasteiger partial charge is 0.348 e. The predicted octanol–water partition coefficient (Wildman–Crippen LogP) is 2.41. The Hall–Kier alpha value is -1.49. The Bertz CT molecular complexity index is 484. The third kappa shape index (κ3) is 2.92. The predicted molar refractivity (Wildman–Crippen MR) is 68.3 cm³/mol. The zero-order valence-electron chi connectivity index (χ0n) is 10.9. The van der Waals surface area contributed by atoms with Crippen LogP contribution in [0, 0.1) is 11.6 Å². The fourth-order valence-corrected chi connectivity index (χ4v) is 2.44. The van der Waals surface area contributed by atoms with E-state index in [9.17, 15) is 13.6 Å². The molecule has 1 unspecified atom stereocenters. The minimum absolute atomic E-state index is 0.220. The van der Waals surface area contributed by atoms with Crippen LogP contribution in [0.15, 0.2) is 18.2 Å². The number of nitrogens with two attached hydrogens (primary N) is 1. The molecule has 1 saturated carbocycles. The zero-order chi connectivity index (χ0) is 14.0. The minimum atomic E-state index is -0.915. The third-order valence-corrected chi connectivity index (χ3v) is 3.74. The lowest BCUT2D eigenvalue weighted by atomic mass is 9.97. The molecular formula is C14H18F2N2O. The van der Waals surface area contributed by atoms with Crippen molar-refractivity contribution >= 4 is 5.91 Å². The summed E-state index contributed by atoms with van der Waals surface area (Å²) in [6.45, 7) is 1.73. The summed E-state index contributed by atoms with van der Waals surface area (Å²) in [5, 5.41) is 2.77. The summed E-state index contributed by atoms with van der Waals surface area (Å²) in [4.78, 5) is 12.1. The van der Waals surface area contributed by atoms with Gasteiger partial charge in [-0.15, -0.1) is 0 Å². The van der Waals surface area contributed by atoms with Gasteiger partial charge in [0.15, 0.2) is 11.6 Å². The van der Waals surface area contributed by atoms with Crippen molar-refractivity contribution in [3.8, 4) is 0 Å². The molecule has 1 fully saturated rings. The van der Waals surface area contributed by atoms with Gasteiger partial charge in [0.1, 0.15) is 0 Å². The lowest BCUT2D eigenvalue weighted by Gasteiger charge is -2.25. The molecule has 3 nitrogen and oxygen atoms in total. The molecule has 19 heavy (non-hydrogen) atoms. The second-order valence-electron chi connectivity index (χ2n) is 5.23. The van der Waals surface area contributed by atoms with E-state index >= 15 is 0 Å². The first-order chi connectivity index (χ1) is 8.92. The number of halogens is 2. The average molecular weight is 268 g/mol. The summed E-state index contributed by atoms with van der Waals surface area (Å²) in [6, 6.07) is 3.21. The standard InChI is InChI=1S/C14H18F2N2O/c1-9(10-4-5-11(15)12(16)8-10)18-13(19)14(17)6-2-3-7-14/h4-5,8-9H,2-3,6-7,17H2,1H3,(H,18,19). The number of hydrogen-bond donors (Lipinski definition) is 2. The Morgan fingerprint density at radius 1 is 1.32 bits per heavy atom. The van der Waals surface area contributed by atoms with Crippen LogP contribution in [0.25, 0.3) is 0 Å². The van der Waals surface area contributed by atoms with E-state index in [2.05, 4.69) is 5.32 Å². The number of carbonyl (C=O) groups is 1. The van der Waals surface area contributed by atoms with Crippen molar-refractivity contribution in [1.29, 1.82) is 0 Å². The smallest absolute Gasteiger partial charge is 0.240 e. The number of benzene rings is 1. The molecule has 0 heterocycles. The van der Waals surface area contributed by atoms with Gasteiger partial charge >= 0.3 is 0 Å². The molecule has 0 aromatic heterocycles. The van der Waals surface area contributed by atoms with Crippen LogP contribution in [0.4, 0.5) is 8.78 Å². The van der Waals surface area contributed by atoms with Gasteiger partial charge in [-0.3, -0.25) is 4.79 Å². The van der Waals surface area contributed by atoms with Crippen LogP contribution in [-0.2, 0) is 4.79 Å². The molecule has 0 saturated heterocycles. The quantitative estimate of drug-likeness (QED) is 0.884. The van der Waals surface area contributed by atoms with Gasteiger partial charge in [0.25, 0.3) is 0 Å². The SMILES string of the molecule is CC(NC(=O)C1(N)CCCC1)c1ccc(F)c(F)c1. The molecule has 104 valence electrons. The summed E-state index contributed by atoms with van der Waals surface area (Å²) >= 11 is 0. The van der Waals surface area contributed by atoms with E-state index in [4.69, 9.17) is 5.73 Å². The summed E-state index contributed by atoms with van der Waals surface area (Å²) in [7, 11) is 0. The normalized spacial score (nSPS) is 19.2. The highest BCUT2D eigenvalue weighted by Gasteiger charge is 2.37. The summed E-state index contributed by atoms with van der Waals surface area (Å²) in [5.41, 5.74) is 5.75. The fourth-order valence-electron chi connectivity index (χ4n) is 2.44. The summed E-state index contributed by atoms with van der Waals surface area (Å²) < 4.78 is 26.0. The molecule has 1 atom stereocenters. The average Bonchev–Trinajstić information content (AvgIpc) is 2.81. The van der Waals surface area contributed by atoms with Crippen LogP contribution in [0.3, 0.4) is 0 Å². The molecule has 1 aliphatic carbocycles. The van der Waals surface area contributed by atoms with Crippen molar-refractivity contribution in [2.24, 2.45) is 5.73 Å². The van der Waals surface area contributed by atoms with E-state index in [-0.39, 0.29) is 5.91 Å². The van der Waals surface area contributed by atoms with Gasteiger partial charge in [0.05, 0.1) is 11.6 Å². The van der Waals surface area contributed by atoms with E-state index in [1.165, 1.54) is 6.07 Å². The van der Waals surface area contributed by atoms with Crippen LogP contribution >= 0.6 is 0 Å². The molecular weight excluding hydrogens is 250 g/mol. The number of hydrogen-bond acceptors (Lipinski definition) is 2. The van der Waals surface area contributed by atoms with Crippen LogP contribution in [-0.4, -0.2) is 11.4 Å². The summed E-state index contributed by atoms with van der Waals surface area (Å²) in [6.07, 6.45) is 3.24. The van der Waals surface area contributed by atoms with E-state index in [1.807, 2.05) is 0 Å². The van der Waals surface area contributed by atoms with Crippen molar-refractivity contribution < 1.29 is 13.6 Å². The topological polar surface area (TPSA) is 55.1 Å². The monoisotopic (exact) mass is 268 g/mol. The van der Waals surface area contributed by atoms with Gasteiger partial charge in [-0.25, -0.2) is 8.78 Å². The molecule has 1 aliphatic rings. The highest BCUT2D eigenvalue weighted by molar-refractivity contribution is 5.86. The molecule has 1 aromatic rings. The maximum Gasteiger partial charge on any atom is 0.240 e. The minimum Gasteiger partial charge on any atom is -0.348 e. The fraction of sp³-hybridized carbons (Fsp3) is 0.500. The molecule has 1 aromatic carbocycles. The molecule has 3 N–H and O–H groups in total. The second-order valence-corrected chi connectivity index (χ2v) is 5.23. The Labute approximate surface area is 111 Å². The highest BCUT2D eigenvalue weighted by Crippen LogP contribution is 2.28. The van der Waals surface area contributed by atoms with E-state index in [0.717, 1.165) is 25.0 Å². The summed E-state index contributed by atoms with van der Waals surface area (Å²) in [5.74, 6) is -2.03. The van der Waals surface area contributed by atoms with Gasteiger partial charge in [-0.1, -0.05) is 18.9 Å². The molecule has 0 spiro atoms.